The van der Waals surface area contributed by atoms with Crippen molar-refractivity contribution >= 4 is 31.8 Å². The van der Waals surface area contributed by atoms with Crippen LogP contribution in [0, 0.1) is 0 Å². The van der Waals surface area contributed by atoms with Crippen LogP contribution in [0.3, 0.4) is 0 Å². The van der Waals surface area contributed by atoms with Gasteiger partial charge in [0.15, 0.2) is 0 Å². The van der Waals surface area contributed by atoms with Gasteiger partial charge in [0.25, 0.3) is 0 Å². The van der Waals surface area contributed by atoms with Gasteiger partial charge in [-0.25, -0.2) is 36.5 Å². The van der Waals surface area contributed by atoms with Gasteiger partial charge in [0.1, 0.15) is 0 Å². The molecule has 0 saturated carbocycles. The molecule has 5 N–H and O–H groups in total. The number of sulfonamides is 2. The van der Waals surface area contributed by atoms with E-state index in [9.17, 15) is 21.6 Å². The van der Waals surface area contributed by atoms with E-state index in [4.69, 9.17) is 5.73 Å². The zero-order valence-electron chi connectivity index (χ0n) is 14.8. The molecule has 28 heavy (non-hydrogen) atoms. The van der Waals surface area contributed by atoms with Gasteiger partial charge in [-0.3, -0.25) is 0 Å². The summed E-state index contributed by atoms with van der Waals surface area (Å²) in [5.41, 5.74) is 9.51. The molecule has 12 heteroatoms. The van der Waals surface area contributed by atoms with Crippen molar-refractivity contribution in [3.63, 3.8) is 0 Å². The Balaban J connectivity index is 2.27. The zero-order valence-corrected chi connectivity index (χ0v) is 16.5. The van der Waals surface area contributed by atoms with E-state index in [0.717, 1.165) is 0 Å². The van der Waals surface area contributed by atoms with E-state index in [1.807, 2.05) is 0 Å². The van der Waals surface area contributed by atoms with Crippen molar-refractivity contribution < 1.29 is 21.6 Å². The van der Waals surface area contributed by atoms with E-state index in [0.29, 0.717) is 22.3 Å². The van der Waals surface area contributed by atoms with Crippen LogP contribution in [0.2, 0.25) is 0 Å². The van der Waals surface area contributed by atoms with Gasteiger partial charge in [0, 0.05) is 11.1 Å². The molecule has 148 valence electrons. The second-order valence-electron chi connectivity index (χ2n) is 5.77. The number of urea groups is 1. The highest BCUT2D eigenvalue weighted by Gasteiger charge is 2.29. The summed E-state index contributed by atoms with van der Waals surface area (Å²) in [5.74, 6) is 0. The van der Waals surface area contributed by atoms with Crippen molar-refractivity contribution in [2.75, 3.05) is 14.1 Å². The third kappa shape index (κ3) is 3.38. The number of primary amides is 1. The number of hydrazone groups is 1. The van der Waals surface area contributed by atoms with Crippen molar-refractivity contribution in [2.45, 2.75) is 9.79 Å². The van der Waals surface area contributed by atoms with Crippen LogP contribution >= 0.6 is 0 Å². The summed E-state index contributed by atoms with van der Waals surface area (Å²) in [5, 5.41) is 3.97. The molecule has 0 fully saturated rings. The highest BCUT2D eigenvalue weighted by Crippen LogP contribution is 2.39. The number of benzene rings is 2. The fourth-order valence-corrected chi connectivity index (χ4v) is 4.37. The Hall–Kier alpha value is -2.80. The Morgan fingerprint density at radius 3 is 1.61 bits per heavy atom. The molecule has 2 aromatic rings. The summed E-state index contributed by atoms with van der Waals surface area (Å²) in [6, 6.07) is 7.92. The molecule has 3 rings (SSSR count). The number of carbonyl (C=O) groups is 1. The summed E-state index contributed by atoms with van der Waals surface area (Å²) in [6.07, 6.45) is 0. The SMILES string of the molecule is CNS(=O)(=O)c1ccc2c(c1)C(=NNC(N)=O)c1cc(S(=O)(=O)NC)ccc1-2. The van der Waals surface area contributed by atoms with Crippen LogP contribution in [0.15, 0.2) is 51.3 Å². The number of carbonyl (C=O) groups excluding carboxylic acids is 1. The Bertz CT molecular complexity index is 1130. The second-order valence-corrected chi connectivity index (χ2v) is 9.54. The molecule has 10 nitrogen and oxygen atoms in total. The van der Waals surface area contributed by atoms with Crippen LogP contribution in [0.1, 0.15) is 11.1 Å². The maximum atomic E-state index is 12.1. The average Bonchev–Trinajstić information content (AvgIpc) is 2.98. The fourth-order valence-electron chi connectivity index (χ4n) is 2.85. The van der Waals surface area contributed by atoms with Gasteiger partial charge in [0.05, 0.1) is 15.5 Å². The molecule has 2 aromatic carbocycles. The largest absolute Gasteiger partial charge is 0.350 e. The van der Waals surface area contributed by atoms with E-state index >= 15 is 0 Å². The maximum absolute atomic E-state index is 12.1. The Kier molecular flexibility index (Phi) is 4.97. The molecule has 0 atom stereocenters. The molecule has 0 saturated heterocycles. The molecule has 0 radical (unpaired) electrons. The molecular weight excluding hydrogens is 406 g/mol. The molecule has 0 aromatic heterocycles. The molecule has 0 spiro atoms. The Morgan fingerprint density at radius 1 is 0.821 bits per heavy atom. The molecule has 0 aliphatic heterocycles. The maximum Gasteiger partial charge on any atom is 0.332 e. The van der Waals surface area contributed by atoms with Gasteiger partial charge in [-0.2, -0.15) is 5.10 Å². The number of amides is 2. The van der Waals surface area contributed by atoms with Gasteiger partial charge in [0.2, 0.25) is 20.0 Å². The first-order valence-corrected chi connectivity index (χ1v) is 10.9. The van der Waals surface area contributed by atoms with Crippen LogP contribution in [-0.2, 0) is 20.0 Å². The summed E-state index contributed by atoms with van der Waals surface area (Å²) < 4.78 is 53.0. The number of nitrogens with one attached hydrogen (secondary N) is 3. The monoisotopic (exact) mass is 423 g/mol. The van der Waals surface area contributed by atoms with E-state index in [2.05, 4.69) is 20.0 Å². The van der Waals surface area contributed by atoms with Gasteiger partial charge in [-0.05, 0) is 49.5 Å². The van der Waals surface area contributed by atoms with Crippen LogP contribution < -0.4 is 20.6 Å². The normalized spacial score (nSPS) is 13.0. The number of hydrogen-bond donors (Lipinski definition) is 4. The number of rotatable bonds is 5. The molecule has 0 unspecified atom stereocenters. The van der Waals surface area contributed by atoms with Crippen LogP contribution in [0.25, 0.3) is 11.1 Å². The van der Waals surface area contributed by atoms with Gasteiger partial charge in [-0.1, -0.05) is 12.1 Å². The minimum Gasteiger partial charge on any atom is -0.350 e. The molecule has 1 aliphatic carbocycles. The van der Waals surface area contributed by atoms with E-state index in [1.165, 1.54) is 38.4 Å². The standard InChI is InChI=1S/C16H17N5O5S2/c1-18-27(23,24)9-3-5-11-12-6-4-10(28(25,26)19-2)8-14(12)15(13(11)7-9)20-21-16(17)22/h3-8,18-19H,1-2H3,(H3,17,21,22). The van der Waals surface area contributed by atoms with Gasteiger partial charge >= 0.3 is 6.03 Å². The summed E-state index contributed by atoms with van der Waals surface area (Å²) in [6.45, 7) is 0. The lowest BCUT2D eigenvalue weighted by atomic mass is 10.1. The van der Waals surface area contributed by atoms with Crippen LogP contribution in [0.5, 0.6) is 0 Å². The summed E-state index contributed by atoms with van der Waals surface area (Å²) in [4.78, 5) is 11.1. The quantitative estimate of drug-likeness (QED) is 0.421. The lowest BCUT2D eigenvalue weighted by molar-refractivity contribution is 0.249. The Morgan fingerprint density at radius 2 is 1.25 bits per heavy atom. The first kappa shape index (κ1) is 19.9. The smallest absolute Gasteiger partial charge is 0.332 e. The van der Waals surface area contributed by atoms with Crippen molar-refractivity contribution in [1.29, 1.82) is 0 Å². The number of hydrogen-bond acceptors (Lipinski definition) is 6. The minimum absolute atomic E-state index is 0.00333. The van der Waals surface area contributed by atoms with E-state index < -0.39 is 26.1 Å². The molecule has 0 heterocycles. The zero-order chi connectivity index (χ0) is 20.7. The molecule has 2 amide bonds. The van der Waals surface area contributed by atoms with Gasteiger partial charge < -0.3 is 5.73 Å². The highest BCUT2D eigenvalue weighted by molar-refractivity contribution is 7.89. The van der Waals surface area contributed by atoms with Gasteiger partial charge in [-0.15, -0.1) is 0 Å². The second kappa shape index (κ2) is 6.98. The molecule has 0 bridgehead atoms. The lowest BCUT2D eigenvalue weighted by Gasteiger charge is -2.06. The third-order valence-electron chi connectivity index (χ3n) is 4.22. The number of nitrogens with zero attached hydrogens (tertiary/aromatic N) is 1. The third-order valence-corrected chi connectivity index (χ3v) is 7.04. The first-order valence-electron chi connectivity index (χ1n) is 7.90. The summed E-state index contributed by atoms with van der Waals surface area (Å²) >= 11 is 0. The predicted molar refractivity (Wildman–Crippen MR) is 103 cm³/mol. The lowest BCUT2D eigenvalue weighted by Crippen LogP contribution is -2.26. The summed E-state index contributed by atoms with van der Waals surface area (Å²) in [7, 11) is -4.87. The predicted octanol–water partition coefficient (Wildman–Crippen LogP) is -0.0961. The first-order chi connectivity index (χ1) is 13.1. The Labute approximate surface area is 161 Å². The average molecular weight is 423 g/mol. The minimum atomic E-state index is -3.72. The van der Waals surface area contributed by atoms with Crippen LogP contribution in [0.4, 0.5) is 4.79 Å². The van der Waals surface area contributed by atoms with Crippen LogP contribution in [-0.4, -0.2) is 42.7 Å². The topological polar surface area (TPSA) is 160 Å². The van der Waals surface area contributed by atoms with Crippen molar-refractivity contribution in [3.05, 3.63) is 47.5 Å². The van der Waals surface area contributed by atoms with Crippen molar-refractivity contribution in [2.24, 2.45) is 10.8 Å². The number of fused-ring (bicyclic) bond motifs is 3. The van der Waals surface area contributed by atoms with Crippen molar-refractivity contribution in [1.82, 2.24) is 14.9 Å². The fraction of sp³-hybridized carbons (Fsp3) is 0.125. The molecular formula is C16H17N5O5S2. The van der Waals surface area contributed by atoms with E-state index in [-0.39, 0.29) is 15.5 Å². The van der Waals surface area contributed by atoms with Crippen molar-refractivity contribution in [3.8, 4) is 11.1 Å². The number of nitrogens with two attached hydrogens (primary N) is 1. The molecule has 1 aliphatic rings. The van der Waals surface area contributed by atoms with E-state index in [1.54, 1.807) is 12.1 Å². The highest BCUT2D eigenvalue weighted by atomic mass is 32.2.